The maximum Gasteiger partial charge on any atom is 0.494 e. The third-order valence-electron chi connectivity index (χ3n) is 4.13. The van der Waals surface area contributed by atoms with Gasteiger partial charge in [0, 0.05) is 0 Å². The first kappa shape index (κ1) is 17.4. The Labute approximate surface area is 135 Å². The van der Waals surface area contributed by atoms with Gasteiger partial charge in [-0.15, -0.1) is 0 Å². The Bertz CT molecular complexity index is 536. The first-order valence-corrected chi connectivity index (χ1v) is 11.1. The van der Waals surface area contributed by atoms with E-state index in [9.17, 15) is 0 Å². The second-order valence-corrected chi connectivity index (χ2v) is 12.1. The van der Waals surface area contributed by atoms with Crippen LogP contribution in [0.25, 0.3) is 0 Å². The van der Waals surface area contributed by atoms with Crippen LogP contribution >= 0.6 is 0 Å². The fraction of sp³-hybridized carbons (Fsp3) is 0.625. The molecule has 1 aliphatic rings. The lowest BCUT2D eigenvalue weighted by atomic mass is 9.79. The molecule has 0 unspecified atom stereocenters. The van der Waals surface area contributed by atoms with Crippen molar-refractivity contribution in [3.8, 4) is 11.5 Å². The second kappa shape index (κ2) is 5.58. The summed E-state index contributed by atoms with van der Waals surface area (Å²) < 4.78 is 23.7. The molecule has 0 N–H and O–H groups in total. The highest BCUT2D eigenvalue weighted by atomic mass is 28.4. The molecule has 0 amide bonds. The lowest BCUT2D eigenvalue weighted by Crippen LogP contribution is -2.41. The summed E-state index contributed by atoms with van der Waals surface area (Å²) in [6.07, 6.45) is 0. The predicted octanol–water partition coefficient (Wildman–Crippen LogP) is 3.21. The van der Waals surface area contributed by atoms with Crippen LogP contribution in [0.3, 0.4) is 0 Å². The summed E-state index contributed by atoms with van der Waals surface area (Å²) in [6, 6.07) is 5.87. The summed E-state index contributed by atoms with van der Waals surface area (Å²) in [7, 11) is -0.419. The topological polar surface area (TPSA) is 36.9 Å². The minimum Gasteiger partial charge on any atom is -0.542 e. The van der Waals surface area contributed by atoms with Crippen LogP contribution in [-0.4, -0.2) is 33.7 Å². The predicted molar refractivity (Wildman–Crippen MR) is 92.7 cm³/mol. The van der Waals surface area contributed by atoms with Crippen molar-refractivity contribution < 1.29 is 18.5 Å². The van der Waals surface area contributed by atoms with Crippen LogP contribution in [0.5, 0.6) is 11.5 Å². The Hall–Kier alpha value is -0.978. The van der Waals surface area contributed by atoms with Crippen molar-refractivity contribution in [2.75, 3.05) is 7.11 Å². The summed E-state index contributed by atoms with van der Waals surface area (Å²) in [5.41, 5.74) is 0.245. The first-order chi connectivity index (χ1) is 9.95. The van der Waals surface area contributed by atoms with E-state index in [1.807, 2.05) is 45.9 Å². The third-order valence-corrected chi connectivity index (χ3v) is 4.96. The van der Waals surface area contributed by atoms with Gasteiger partial charge in [0.2, 0.25) is 8.32 Å². The van der Waals surface area contributed by atoms with Gasteiger partial charge in [0.25, 0.3) is 0 Å². The normalized spacial score (nSPS) is 20.1. The van der Waals surface area contributed by atoms with E-state index in [2.05, 4.69) is 19.6 Å². The van der Waals surface area contributed by atoms with Gasteiger partial charge in [-0.25, -0.2) is 0 Å². The molecular weight excluding hydrogens is 295 g/mol. The van der Waals surface area contributed by atoms with Gasteiger partial charge in [0.05, 0.1) is 18.3 Å². The van der Waals surface area contributed by atoms with E-state index in [0.29, 0.717) is 0 Å². The van der Waals surface area contributed by atoms with Crippen molar-refractivity contribution in [1.82, 2.24) is 0 Å². The zero-order valence-corrected chi connectivity index (χ0v) is 15.9. The highest BCUT2D eigenvalue weighted by Gasteiger charge is 2.51. The van der Waals surface area contributed by atoms with Crippen LogP contribution in [-0.2, 0) is 9.31 Å². The van der Waals surface area contributed by atoms with Crippen molar-refractivity contribution in [2.24, 2.45) is 0 Å². The minimum atomic E-state index is -1.68. The first-order valence-electron chi connectivity index (χ1n) is 7.68. The van der Waals surface area contributed by atoms with Gasteiger partial charge in [-0.05, 0) is 64.9 Å². The molecule has 0 atom stereocenters. The molecule has 0 saturated carbocycles. The van der Waals surface area contributed by atoms with Gasteiger partial charge in [0.15, 0.2) is 5.75 Å². The largest absolute Gasteiger partial charge is 0.542 e. The summed E-state index contributed by atoms with van der Waals surface area (Å²) in [5, 5.41) is 0. The molecule has 0 spiro atoms. The molecule has 22 heavy (non-hydrogen) atoms. The van der Waals surface area contributed by atoms with Gasteiger partial charge >= 0.3 is 7.12 Å². The maximum atomic E-state index is 6.08. The Morgan fingerprint density at radius 2 is 1.50 bits per heavy atom. The summed E-state index contributed by atoms with van der Waals surface area (Å²) in [5.74, 6) is 1.50. The molecule has 0 bridgehead atoms. The summed E-state index contributed by atoms with van der Waals surface area (Å²) >= 11 is 0. The van der Waals surface area contributed by atoms with Crippen molar-refractivity contribution in [3.63, 3.8) is 0 Å². The quantitative estimate of drug-likeness (QED) is 0.798. The Morgan fingerprint density at radius 1 is 0.955 bits per heavy atom. The molecule has 1 aromatic carbocycles. The van der Waals surface area contributed by atoms with Crippen LogP contribution in [0.4, 0.5) is 0 Å². The molecule has 6 heteroatoms. The molecular formula is C16H27BO4Si. The highest BCUT2D eigenvalue weighted by Crippen LogP contribution is 2.37. The highest BCUT2D eigenvalue weighted by molar-refractivity contribution is 6.70. The molecule has 1 saturated heterocycles. The SMILES string of the molecule is COc1cc(B2OC(C)(C)C(C)(C)O2)ccc1O[Si](C)(C)C. The fourth-order valence-electron chi connectivity index (χ4n) is 2.22. The number of hydrogen-bond donors (Lipinski definition) is 0. The van der Waals surface area contributed by atoms with Crippen molar-refractivity contribution in [2.45, 2.75) is 58.5 Å². The van der Waals surface area contributed by atoms with Crippen LogP contribution in [0.1, 0.15) is 27.7 Å². The zero-order valence-electron chi connectivity index (χ0n) is 14.9. The number of rotatable bonds is 4. The zero-order chi connectivity index (χ0) is 16.8. The van der Waals surface area contributed by atoms with Crippen LogP contribution in [0.2, 0.25) is 19.6 Å². The molecule has 1 heterocycles. The van der Waals surface area contributed by atoms with E-state index in [0.717, 1.165) is 17.0 Å². The van der Waals surface area contributed by atoms with Gasteiger partial charge in [-0.1, -0.05) is 6.07 Å². The van der Waals surface area contributed by atoms with Crippen LogP contribution in [0, 0.1) is 0 Å². The van der Waals surface area contributed by atoms with Gasteiger partial charge in [-0.3, -0.25) is 0 Å². The average molecular weight is 322 g/mol. The van der Waals surface area contributed by atoms with E-state index in [1.54, 1.807) is 7.11 Å². The second-order valence-electron chi connectivity index (χ2n) is 7.71. The van der Waals surface area contributed by atoms with E-state index >= 15 is 0 Å². The Balaban J connectivity index is 2.28. The number of hydrogen-bond acceptors (Lipinski definition) is 4. The molecule has 4 nitrogen and oxygen atoms in total. The van der Waals surface area contributed by atoms with Gasteiger partial charge in [-0.2, -0.15) is 0 Å². The molecule has 1 aromatic rings. The molecule has 2 rings (SSSR count). The van der Waals surface area contributed by atoms with Crippen molar-refractivity contribution >= 4 is 20.9 Å². The number of benzene rings is 1. The molecule has 122 valence electrons. The monoisotopic (exact) mass is 322 g/mol. The average Bonchev–Trinajstić information content (AvgIpc) is 2.57. The van der Waals surface area contributed by atoms with Gasteiger partial charge in [0.1, 0.15) is 5.75 Å². The van der Waals surface area contributed by atoms with E-state index in [1.165, 1.54) is 0 Å². The number of ether oxygens (including phenoxy) is 1. The van der Waals surface area contributed by atoms with E-state index in [4.69, 9.17) is 18.5 Å². The smallest absolute Gasteiger partial charge is 0.494 e. The lowest BCUT2D eigenvalue weighted by Gasteiger charge is -2.32. The van der Waals surface area contributed by atoms with E-state index < -0.39 is 8.32 Å². The Kier molecular flexibility index (Phi) is 4.41. The Morgan fingerprint density at radius 3 is 1.95 bits per heavy atom. The van der Waals surface area contributed by atoms with Crippen molar-refractivity contribution in [3.05, 3.63) is 18.2 Å². The third kappa shape index (κ3) is 3.50. The summed E-state index contributed by atoms with van der Waals surface area (Å²) in [6.45, 7) is 14.6. The molecule has 0 aliphatic carbocycles. The number of methoxy groups -OCH3 is 1. The fourth-order valence-corrected chi connectivity index (χ4v) is 3.05. The van der Waals surface area contributed by atoms with Gasteiger partial charge < -0.3 is 18.5 Å². The minimum absolute atomic E-state index is 0.349. The van der Waals surface area contributed by atoms with Crippen LogP contribution in [0.15, 0.2) is 18.2 Å². The molecule has 1 aliphatic heterocycles. The lowest BCUT2D eigenvalue weighted by molar-refractivity contribution is 0.00578. The summed E-state index contributed by atoms with van der Waals surface area (Å²) in [4.78, 5) is 0. The molecule has 0 aromatic heterocycles. The maximum absolute atomic E-state index is 6.08. The standard InChI is InChI=1S/C16H27BO4Si/c1-15(2)16(3,4)21-17(20-15)12-9-10-13(14(11-12)18-5)19-22(6,7)8/h9-11H,1-8H3. The van der Waals surface area contributed by atoms with Crippen LogP contribution < -0.4 is 14.6 Å². The van der Waals surface area contributed by atoms with E-state index in [-0.39, 0.29) is 18.3 Å². The van der Waals surface area contributed by atoms with Crippen molar-refractivity contribution in [1.29, 1.82) is 0 Å². The molecule has 0 radical (unpaired) electrons. The molecule has 1 fully saturated rings.